The lowest BCUT2D eigenvalue weighted by atomic mass is 9.98. The predicted octanol–water partition coefficient (Wildman–Crippen LogP) is 5.83. The standard InChI is InChI=1S/C21H39ClN2/c1-6-14-24(20(8-3)9-4)21-12-15-23(16-13-21)17-18(5)10-11-19(22)7-2/h10-11,20-21H,6-9,12-17H2,1-5H3/b18-10+,19-11+. The fourth-order valence-corrected chi connectivity index (χ4v) is 3.91. The number of halogens is 1. The minimum Gasteiger partial charge on any atom is -0.299 e. The van der Waals surface area contributed by atoms with E-state index < -0.39 is 0 Å². The van der Waals surface area contributed by atoms with Crippen LogP contribution in [0.4, 0.5) is 0 Å². The van der Waals surface area contributed by atoms with Crippen molar-refractivity contribution < 1.29 is 0 Å². The first-order chi connectivity index (χ1) is 11.5. The fourth-order valence-electron chi connectivity index (χ4n) is 3.84. The monoisotopic (exact) mass is 354 g/mol. The van der Waals surface area contributed by atoms with Crippen LogP contribution in [0.15, 0.2) is 22.8 Å². The predicted molar refractivity (Wildman–Crippen MR) is 109 cm³/mol. The molecule has 0 unspecified atom stereocenters. The topological polar surface area (TPSA) is 6.48 Å². The number of hydrogen-bond donors (Lipinski definition) is 0. The molecule has 1 aliphatic heterocycles. The van der Waals surface area contributed by atoms with E-state index in [0.29, 0.717) is 0 Å². The van der Waals surface area contributed by atoms with Crippen molar-refractivity contribution in [3.05, 3.63) is 22.8 Å². The maximum atomic E-state index is 6.09. The Morgan fingerprint density at radius 2 is 1.75 bits per heavy atom. The van der Waals surface area contributed by atoms with Gasteiger partial charge in [-0.1, -0.05) is 50.9 Å². The van der Waals surface area contributed by atoms with E-state index in [1.165, 1.54) is 57.3 Å². The Hall–Kier alpha value is -0.310. The third-order valence-electron chi connectivity index (χ3n) is 5.28. The van der Waals surface area contributed by atoms with Gasteiger partial charge in [-0.2, -0.15) is 0 Å². The fraction of sp³-hybridized carbons (Fsp3) is 0.810. The largest absolute Gasteiger partial charge is 0.299 e. The van der Waals surface area contributed by atoms with Crippen LogP contribution >= 0.6 is 11.6 Å². The van der Waals surface area contributed by atoms with Crippen molar-refractivity contribution in [3.63, 3.8) is 0 Å². The summed E-state index contributed by atoms with van der Waals surface area (Å²) < 4.78 is 0. The van der Waals surface area contributed by atoms with Crippen molar-refractivity contribution in [1.29, 1.82) is 0 Å². The van der Waals surface area contributed by atoms with E-state index in [2.05, 4.69) is 56.6 Å². The van der Waals surface area contributed by atoms with E-state index in [-0.39, 0.29) is 0 Å². The van der Waals surface area contributed by atoms with Crippen LogP contribution in [-0.4, -0.2) is 48.1 Å². The summed E-state index contributed by atoms with van der Waals surface area (Å²) in [6.45, 7) is 16.1. The van der Waals surface area contributed by atoms with Gasteiger partial charge in [0.25, 0.3) is 0 Å². The van der Waals surface area contributed by atoms with Crippen LogP contribution in [0.25, 0.3) is 0 Å². The van der Waals surface area contributed by atoms with Gasteiger partial charge in [-0.05, 0) is 71.2 Å². The van der Waals surface area contributed by atoms with Crippen LogP contribution in [0.1, 0.15) is 73.1 Å². The lowest BCUT2D eigenvalue weighted by Crippen LogP contribution is -2.49. The summed E-state index contributed by atoms with van der Waals surface area (Å²) in [5.74, 6) is 0. The van der Waals surface area contributed by atoms with Gasteiger partial charge in [0.2, 0.25) is 0 Å². The molecule has 2 nitrogen and oxygen atoms in total. The molecular formula is C21H39ClN2. The van der Waals surface area contributed by atoms with Gasteiger partial charge in [-0.15, -0.1) is 0 Å². The van der Waals surface area contributed by atoms with Crippen LogP contribution in [0, 0.1) is 0 Å². The Kier molecular flexibility index (Phi) is 11.0. The molecule has 0 saturated carbocycles. The number of hydrogen-bond acceptors (Lipinski definition) is 2. The van der Waals surface area contributed by atoms with Crippen molar-refractivity contribution in [3.8, 4) is 0 Å². The smallest absolute Gasteiger partial charge is 0.0193 e. The van der Waals surface area contributed by atoms with Crippen molar-refractivity contribution in [2.75, 3.05) is 26.2 Å². The highest BCUT2D eigenvalue weighted by atomic mass is 35.5. The molecule has 24 heavy (non-hydrogen) atoms. The second kappa shape index (κ2) is 12.1. The molecular weight excluding hydrogens is 316 g/mol. The maximum Gasteiger partial charge on any atom is 0.0193 e. The molecule has 0 aromatic heterocycles. The van der Waals surface area contributed by atoms with Gasteiger partial charge in [0.1, 0.15) is 0 Å². The van der Waals surface area contributed by atoms with Gasteiger partial charge in [-0.25, -0.2) is 0 Å². The highest BCUT2D eigenvalue weighted by Crippen LogP contribution is 2.22. The van der Waals surface area contributed by atoms with Crippen LogP contribution in [-0.2, 0) is 0 Å². The second-order valence-electron chi connectivity index (χ2n) is 7.20. The van der Waals surface area contributed by atoms with Gasteiger partial charge in [0.05, 0.1) is 0 Å². The average molecular weight is 355 g/mol. The summed E-state index contributed by atoms with van der Waals surface area (Å²) in [5, 5.41) is 0.938. The first-order valence-corrected chi connectivity index (χ1v) is 10.4. The maximum absolute atomic E-state index is 6.09. The molecule has 0 spiro atoms. The molecule has 0 aromatic carbocycles. The highest BCUT2D eigenvalue weighted by Gasteiger charge is 2.27. The third kappa shape index (κ3) is 7.29. The van der Waals surface area contributed by atoms with E-state index in [9.17, 15) is 0 Å². The Morgan fingerprint density at radius 3 is 2.25 bits per heavy atom. The number of rotatable bonds is 10. The van der Waals surface area contributed by atoms with Crippen molar-refractivity contribution in [2.45, 2.75) is 85.2 Å². The van der Waals surface area contributed by atoms with E-state index in [4.69, 9.17) is 11.6 Å². The first-order valence-electron chi connectivity index (χ1n) is 10.0. The lowest BCUT2D eigenvalue weighted by Gasteiger charge is -2.42. The molecule has 0 bridgehead atoms. The molecule has 1 fully saturated rings. The number of nitrogens with zero attached hydrogens (tertiary/aromatic N) is 2. The summed E-state index contributed by atoms with van der Waals surface area (Å²) in [7, 11) is 0. The van der Waals surface area contributed by atoms with Crippen LogP contribution in [0.2, 0.25) is 0 Å². The molecule has 0 atom stereocenters. The summed E-state index contributed by atoms with van der Waals surface area (Å²) in [6.07, 6.45) is 11.6. The molecule has 0 aromatic rings. The average Bonchev–Trinajstić information content (AvgIpc) is 2.60. The summed E-state index contributed by atoms with van der Waals surface area (Å²) >= 11 is 6.09. The summed E-state index contributed by atoms with van der Waals surface area (Å²) in [6, 6.07) is 1.55. The molecule has 0 N–H and O–H groups in total. The van der Waals surface area contributed by atoms with Crippen molar-refractivity contribution >= 4 is 11.6 Å². The minimum absolute atomic E-state index is 0.768. The van der Waals surface area contributed by atoms with Gasteiger partial charge >= 0.3 is 0 Å². The highest BCUT2D eigenvalue weighted by molar-refractivity contribution is 6.29. The normalized spacial score (nSPS) is 18.8. The van der Waals surface area contributed by atoms with Crippen molar-refractivity contribution in [1.82, 2.24) is 9.80 Å². The zero-order chi connectivity index (χ0) is 17.9. The molecule has 3 heteroatoms. The van der Waals surface area contributed by atoms with Gasteiger partial charge < -0.3 is 0 Å². The number of piperidine rings is 1. The Morgan fingerprint density at radius 1 is 1.12 bits per heavy atom. The lowest BCUT2D eigenvalue weighted by molar-refractivity contribution is 0.0721. The van der Waals surface area contributed by atoms with Crippen LogP contribution in [0.5, 0.6) is 0 Å². The molecule has 1 heterocycles. The van der Waals surface area contributed by atoms with E-state index in [0.717, 1.165) is 30.1 Å². The van der Waals surface area contributed by atoms with E-state index >= 15 is 0 Å². The summed E-state index contributed by atoms with van der Waals surface area (Å²) in [4.78, 5) is 5.41. The van der Waals surface area contributed by atoms with Crippen molar-refractivity contribution in [2.24, 2.45) is 0 Å². The Bertz CT molecular complexity index is 391. The quantitative estimate of drug-likeness (QED) is 0.455. The zero-order valence-corrected chi connectivity index (χ0v) is 17.4. The molecule has 1 saturated heterocycles. The molecule has 0 aliphatic carbocycles. The number of likely N-dealkylation sites (tertiary alicyclic amines) is 1. The first kappa shape index (κ1) is 21.7. The Labute approximate surface area is 155 Å². The molecule has 140 valence electrons. The van der Waals surface area contributed by atoms with E-state index in [1.807, 2.05) is 0 Å². The van der Waals surface area contributed by atoms with Crippen LogP contribution in [0.3, 0.4) is 0 Å². The van der Waals surface area contributed by atoms with E-state index in [1.54, 1.807) is 0 Å². The summed E-state index contributed by atoms with van der Waals surface area (Å²) in [5.41, 5.74) is 1.41. The molecule has 0 radical (unpaired) electrons. The second-order valence-corrected chi connectivity index (χ2v) is 7.68. The SMILES string of the molecule is CCCN(C(CC)CC)C1CCN(C/C(C)=C/C=C(/Cl)CC)CC1. The van der Waals surface area contributed by atoms with Gasteiger partial charge in [-0.3, -0.25) is 9.80 Å². The molecule has 1 rings (SSSR count). The third-order valence-corrected chi connectivity index (χ3v) is 5.67. The zero-order valence-electron chi connectivity index (χ0n) is 16.7. The number of allylic oxidation sites excluding steroid dienone is 3. The molecule has 0 amide bonds. The molecule has 1 aliphatic rings. The van der Waals surface area contributed by atoms with Gasteiger partial charge in [0.15, 0.2) is 0 Å². The Balaban J connectivity index is 2.52. The van der Waals surface area contributed by atoms with Crippen LogP contribution < -0.4 is 0 Å². The van der Waals surface area contributed by atoms with Gasteiger partial charge in [0, 0.05) is 23.7 Å². The minimum atomic E-state index is 0.768.